The number of nitrogens with zero attached hydrogens (tertiary/aromatic N) is 1. The molecule has 0 bridgehead atoms. The fourth-order valence-electron chi connectivity index (χ4n) is 4.12. The second kappa shape index (κ2) is 8.40. The lowest BCUT2D eigenvalue weighted by molar-refractivity contribution is 0.0696. The summed E-state index contributed by atoms with van der Waals surface area (Å²) in [6, 6.07) is 14.7. The smallest absolute Gasteiger partial charge is 0.336 e. The Morgan fingerprint density at radius 3 is 2.67 bits per heavy atom. The molecule has 27 heavy (non-hydrogen) atoms. The quantitative estimate of drug-likeness (QED) is 0.812. The van der Waals surface area contributed by atoms with E-state index in [0.717, 1.165) is 36.9 Å². The third-order valence-corrected chi connectivity index (χ3v) is 5.34. The van der Waals surface area contributed by atoms with Crippen molar-refractivity contribution >= 4 is 12.0 Å². The van der Waals surface area contributed by atoms with Gasteiger partial charge in [0.1, 0.15) is 5.75 Å². The minimum atomic E-state index is -0.895. The monoisotopic (exact) mass is 365 g/mol. The van der Waals surface area contributed by atoms with E-state index in [1.54, 1.807) is 18.2 Å². The topological polar surface area (TPSA) is 60.8 Å². The summed E-state index contributed by atoms with van der Waals surface area (Å²) in [7, 11) is 4.18. The highest BCUT2D eigenvalue weighted by Crippen LogP contribution is 2.42. The number of phenolic OH excluding ortho intramolecular Hbond substituents is 1. The third-order valence-electron chi connectivity index (χ3n) is 5.34. The van der Waals surface area contributed by atoms with Gasteiger partial charge in [-0.3, -0.25) is 0 Å². The van der Waals surface area contributed by atoms with Crippen LogP contribution in [0.3, 0.4) is 0 Å². The molecule has 1 aliphatic rings. The highest BCUT2D eigenvalue weighted by Gasteiger charge is 2.29. The summed E-state index contributed by atoms with van der Waals surface area (Å²) < 4.78 is 0. The third kappa shape index (κ3) is 4.77. The van der Waals surface area contributed by atoms with Crippen LogP contribution >= 0.6 is 0 Å². The van der Waals surface area contributed by atoms with Crippen LogP contribution in [-0.4, -0.2) is 41.7 Å². The van der Waals surface area contributed by atoms with Crippen molar-refractivity contribution in [1.29, 1.82) is 0 Å². The summed E-state index contributed by atoms with van der Waals surface area (Å²) in [4.78, 5) is 13.7. The zero-order valence-corrected chi connectivity index (χ0v) is 15.9. The number of carboxylic acids is 1. The van der Waals surface area contributed by atoms with Gasteiger partial charge in [0.2, 0.25) is 0 Å². The van der Waals surface area contributed by atoms with E-state index in [2.05, 4.69) is 25.1 Å². The maximum Gasteiger partial charge on any atom is 0.336 e. The molecular weight excluding hydrogens is 338 g/mol. The molecule has 3 rings (SSSR count). The maximum atomic E-state index is 11.5. The highest BCUT2D eigenvalue weighted by atomic mass is 16.4. The van der Waals surface area contributed by atoms with E-state index >= 15 is 0 Å². The van der Waals surface area contributed by atoms with Crippen molar-refractivity contribution in [2.75, 3.05) is 20.6 Å². The van der Waals surface area contributed by atoms with Gasteiger partial charge in [0, 0.05) is 6.54 Å². The number of hydrogen-bond acceptors (Lipinski definition) is 3. The zero-order valence-electron chi connectivity index (χ0n) is 15.9. The van der Waals surface area contributed by atoms with Crippen LogP contribution in [-0.2, 0) is 0 Å². The van der Waals surface area contributed by atoms with Crippen LogP contribution in [0.15, 0.2) is 54.1 Å². The molecule has 4 heteroatoms. The number of hydrogen-bond donors (Lipinski definition) is 2. The Kier molecular flexibility index (Phi) is 5.97. The van der Waals surface area contributed by atoms with Gasteiger partial charge in [-0.1, -0.05) is 42.0 Å². The van der Waals surface area contributed by atoms with Crippen LogP contribution < -0.4 is 0 Å². The molecule has 0 radical (unpaired) electrons. The number of aromatic carboxylic acids is 1. The Hall–Kier alpha value is -2.59. The number of aromatic hydroxyl groups is 1. The maximum absolute atomic E-state index is 11.5. The molecule has 4 nitrogen and oxygen atoms in total. The Balaban J connectivity index is 1.91. The van der Waals surface area contributed by atoms with Crippen molar-refractivity contribution < 1.29 is 15.0 Å². The molecule has 1 aliphatic carbocycles. The molecule has 0 amide bonds. The molecule has 142 valence electrons. The number of carboxylic acid groups (broad SMARTS) is 1. The predicted octanol–water partition coefficient (Wildman–Crippen LogP) is 4.62. The Morgan fingerprint density at radius 2 is 1.96 bits per heavy atom. The molecule has 0 aromatic heterocycles. The number of rotatable bonds is 5. The molecule has 1 fully saturated rings. The minimum absolute atomic E-state index is 0.295. The first-order valence-electron chi connectivity index (χ1n) is 9.39. The standard InChI is InChI=1S/C23H27NO3/c1-24(2)15-19-11-10-16(12-17-6-3-4-9-21(17)23(26)27)13-22(19)18-7-5-8-20(25)14-18/h3-9,12,14,19,22,25H,10-11,13,15H2,1-2H3,(H,26,27)/b16-12+. The molecule has 1 saturated carbocycles. The molecule has 0 heterocycles. The van der Waals surface area contributed by atoms with E-state index in [9.17, 15) is 15.0 Å². The van der Waals surface area contributed by atoms with Crippen molar-refractivity contribution in [3.63, 3.8) is 0 Å². The molecule has 0 aliphatic heterocycles. The molecule has 2 aromatic carbocycles. The largest absolute Gasteiger partial charge is 0.508 e. The highest BCUT2D eigenvalue weighted by molar-refractivity contribution is 5.92. The second-order valence-corrected chi connectivity index (χ2v) is 7.66. The summed E-state index contributed by atoms with van der Waals surface area (Å²) in [6.07, 6.45) is 4.96. The predicted molar refractivity (Wildman–Crippen MR) is 108 cm³/mol. The zero-order chi connectivity index (χ0) is 19.4. The Labute approximate surface area is 160 Å². The first kappa shape index (κ1) is 19.2. The number of benzene rings is 2. The Bertz CT molecular complexity index is 841. The number of phenols is 1. The van der Waals surface area contributed by atoms with Gasteiger partial charge < -0.3 is 15.1 Å². The van der Waals surface area contributed by atoms with Gasteiger partial charge in [-0.2, -0.15) is 0 Å². The molecule has 2 atom stereocenters. The van der Waals surface area contributed by atoms with E-state index < -0.39 is 5.97 Å². The lowest BCUT2D eigenvalue weighted by atomic mass is 9.73. The summed E-state index contributed by atoms with van der Waals surface area (Å²) in [6.45, 7) is 0.999. The van der Waals surface area contributed by atoms with Crippen LogP contribution in [0.5, 0.6) is 5.75 Å². The van der Waals surface area contributed by atoms with Gasteiger partial charge in [-0.15, -0.1) is 0 Å². The van der Waals surface area contributed by atoms with Crippen molar-refractivity contribution in [1.82, 2.24) is 4.90 Å². The molecule has 0 spiro atoms. The lowest BCUT2D eigenvalue weighted by Gasteiger charge is -2.35. The van der Waals surface area contributed by atoms with E-state index in [1.807, 2.05) is 30.3 Å². The fraction of sp³-hybridized carbons (Fsp3) is 0.348. The SMILES string of the molecule is CN(C)CC1CC/C(=C\c2ccccc2C(=O)O)CC1c1cccc(O)c1. The summed E-state index contributed by atoms with van der Waals surface area (Å²) in [5, 5.41) is 19.4. The average molecular weight is 365 g/mol. The van der Waals surface area contributed by atoms with Crippen LogP contribution in [0.1, 0.15) is 46.7 Å². The van der Waals surface area contributed by atoms with E-state index in [0.29, 0.717) is 23.1 Å². The number of carbonyl (C=O) groups is 1. The van der Waals surface area contributed by atoms with Gasteiger partial charge in [-0.05, 0) is 74.5 Å². The lowest BCUT2D eigenvalue weighted by Crippen LogP contribution is -2.29. The van der Waals surface area contributed by atoms with Crippen LogP contribution in [0, 0.1) is 5.92 Å². The molecule has 2 aromatic rings. The van der Waals surface area contributed by atoms with Crippen molar-refractivity contribution in [2.24, 2.45) is 5.92 Å². The first-order valence-corrected chi connectivity index (χ1v) is 9.39. The molecular formula is C23H27NO3. The second-order valence-electron chi connectivity index (χ2n) is 7.66. The minimum Gasteiger partial charge on any atom is -0.508 e. The first-order chi connectivity index (χ1) is 12.9. The van der Waals surface area contributed by atoms with Crippen LogP contribution in [0.4, 0.5) is 0 Å². The summed E-state index contributed by atoms with van der Waals surface area (Å²) in [5.74, 6) is 0.224. The van der Waals surface area contributed by atoms with Gasteiger partial charge >= 0.3 is 5.97 Å². The normalized spacial score (nSPS) is 21.5. The molecule has 2 unspecified atom stereocenters. The van der Waals surface area contributed by atoms with Crippen molar-refractivity contribution in [2.45, 2.75) is 25.2 Å². The fourth-order valence-corrected chi connectivity index (χ4v) is 4.12. The summed E-state index contributed by atoms with van der Waals surface area (Å²) in [5.41, 5.74) is 3.53. The molecule has 0 saturated heterocycles. The van der Waals surface area contributed by atoms with Gasteiger partial charge in [0.05, 0.1) is 5.56 Å². The van der Waals surface area contributed by atoms with Gasteiger partial charge in [-0.25, -0.2) is 4.79 Å². The van der Waals surface area contributed by atoms with E-state index in [4.69, 9.17) is 0 Å². The van der Waals surface area contributed by atoms with Crippen molar-refractivity contribution in [3.8, 4) is 5.75 Å². The van der Waals surface area contributed by atoms with Crippen molar-refractivity contribution in [3.05, 3.63) is 70.8 Å². The van der Waals surface area contributed by atoms with Gasteiger partial charge in [0.15, 0.2) is 0 Å². The number of allylic oxidation sites excluding steroid dienone is 1. The van der Waals surface area contributed by atoms with Crippen LogP contribution in [0.2, 0.25) is 0 Å². The van der Waals surface area contributed by atoms with Crippen LogP contribution in [0.25, 0.3) is 6.08 Å². The Morgan fingerprint density at radius 1 is 1.19 bits per heavy atom. The van der Waals surface area contributed by atoms with E-state index in [-0.39, 0.29) is 0 Å². The summed E-state index contributed by atoms with van der Waals surface area (Å²) >= 11 is 0. The average Bonchev–Trinajstić information content (AvgIpc) is 2.63. The van der Waals surface area contributed by atoms with Gasteiger partial charge in [0.25, 0.3) is 0 Å². The van der Waals surface area contributed by atoms with E-state index in [1.165, 1.54) is 5.57 Å². The molecule has 2 N–H and O–H groups in total.